The first-order valence-electron chi connectivity index (χ1n) is 8.51. The normalized spacial score (nSPS) is 24.3. The van der Waals surface area contributed by atoms with Gasteiger partial charge in [0.05, 0.1) is 19.3 Å². The molecular formula is C19H30O4. The van der Waals surface area contributed by atoms with Crippen LogP contribution in [0.4, 0.5) is 0 Å². The van der Waals surface area contributed by atoms with Crippen LogP contribution in [-0.4, -0.2) is 29.9 Å². The lowest BCUT2D eigenvalue weighted by molar-refractivity contribution is -0.135. The number of carbonyl (C=O) groups excluding carboxylic acids is 1. The molecule has 0 aromatic rings. The third-order valence-electron chi connectivity index (χ3n) is 4.32. The molecule has 2 atom stereocenters. The maximum absolute atomic E-state index is 11.5. The molecule has 0 unspecified atom stereocenters. The van der Waals surface area contributed by atoms with E-state index in [0.29, 0.717) is 12.2 Å². The molecule has 0 aromatic carbocycles. The quantitative estimate of drug-likeness (QED) is 0.416. The highest BCUT2D eigenvalue weighted by Crippen LogP contribution is 2.40. The molecule has 1 rings (SSSR count). The fourth-order valence-corrected chi connectivity index (χ4v) is 2.73. The zero-order valence-electron chi connectivity index (χ0n) is 15.0. The number of aliphatic hydroxyl groups excluding tert-OH is 1. The predicted octanol–water partition coefficient (Wildman–Crippen LogP) is 4.06. The van der Waals surface area contributed by atoms with Crippen LogP contribution in [-0.2, 0) is 14.3 Å². The highest BCUT2D eigenvalue weighted by atomic mass is 16.5. The van der Waals surface area contributed by atoms with Gasteiger partial charge in [-0.2, -0.15) is 0 Å². The summed E-state index contributed by atoms with van der Waals surface area (Å²) in [5.74, 6) is 0.201. The monoisotopic (exact) mass is 322 g/mol. The van der Waals surface area contributed by atoms with E-state index in [1.807, 2.05) is 19.9 Å². The molecule has 1 aliphatic heterocycles. The maximum Gasteiger partial charge on any atom is 0.334 e. The lowest BCUT2D eigenvalue weighted by Gasteiger charge is -2.28. The number of carbonyl (C=O) groups is 1. The van der Waals surface area contributed by atoms with E-state index in [2.05, 4.69) is 19.9 Å². The average molecular weight is 322 g/mol. The van der Waals surface area contributed by atoms with E-state index in [1.54, 1.807) is 0 Å². The summed E-state index contributed by atoms with van der Waals surface area (Å²) < 4.78 is 10.9. The van der Waals surface area contributed by atoms with E-state index in [0.717, 1.165) is 31.3 Å². The van der Waals surface area contributed by atoms with Gasteiger partial charge in [-0.3, -0.25) is 0 Å². The summed E-state index contributed by atoms with van der Waals surface area (Å²) >= 11 is 0. The van der Waals surface area contributed by atoms with E-state index >= 15 is 0 Å². The van der Waals surface area contributed by atoms with Gasteiger partial charge in [0.15, 0.2) is 0 Å². The molecule has 0 radical (unpaired) electrons. The highest BCUT2D eigenvalue weighted by Gasteiger charge is 2.36. The van der Waals surface area contributed by atoms with Crippen molar-refractivity contribution in [2.45, 2.75) is 71.5 Å². The van der Waals surface area contributed by atoms with Crippen molar-refractivity contribution in [3.8, 4) is 0 Å². The van der Waals surface area contributed by atoms with Crippen molar-refractivity contribution in [2.24, 2.45) is 0 Å². The van der Waals surface area contributed by atoms with Gasteiger partial charge in [0, 0.05) is 6.42 Å². The second-order valence-corrected chi connectivity index (χ2v) is 5.91. The van der Waals surface area contributed by atoms with Crippen LogP contribution in [0.1, 0.15) is 59.8 Å². The van der Waals surface area contributed by atoms with Gasteiger partial charge in [-0.15, -0.1) is 0 Å². The van der Waals surface area contributed by atoms with Crippen molar-refractivity contribution < 1.29 is 19.4 Å². The van der Waals surface area contributed by atoms with Crippen molar-refractivity contribution in [2.75, 3.05) is 7.11 Å². The Kier molecular flexibility index (Phi) is 7.56. The van der Waals surface area contributed by atoms with Gasteiger partial charge in [0.1, 0.15) is 11.4 Å². The molecule has 0 amide bonds. The van der Waals surface area contributed by atoms with Crippen LogP contribution in [0.15, 0.2) is 35.1 Å². The van der Waals surface area contributed by atoms with Gasteiger partial charge in [-0.1, -0.05) is 39.3 Å². The zero-order chi connectivity index (χ0) is 17.5. The topological polar surface area (TPSA) is 55.8 Å². The Morgan fingerprint density at radius 3 is 2.57 bits per heavy atom. The zero-order valence-corrected chi connectivity index (χ0v) is 15.0. The smallest absolute Gasteiger partial charge is 0.334 e. The molecule has 0 aromatic heterocycles. The molecule has 4 heteroatoms. The summed E-state index contributed by atoms with van der Waals surface area (Å²) in [4.78, 5) is 11.5. The second kappa shape index (κ2) is 8.92. The van der Waals surface area contributed by atoms with Gasteiger partial charge in [0.25, 0.3) is 0 Å². The minimum atomic E-state index is -0.444. The first-order chi connectivity index (χ1) is 10.9. The maximum atomic E-state index is 11.5. The van der Waals surface area contributed by atoms with E-state index in [9.17, 15) is 9.90 Å². The van der Waals surface area contributed by atoms with Crippen molar-refractivity contribution >= 4 is 5.97 Å². The summed E-state index contributed by atoms with van der Waals surface area (Å²) in [7, 11) is 1.36. The molecule has 0 fully saturated rings. The van der Waals surface area contributed by atoms with Crippen LogP contribution in [0.3, 0.4) is 0 Å². The standard InChI is InChI=1S/C19H30O4/c1-6-14(10-16(20)8-3)12-19(9-4)13-15(7-2)17(23-19)11-18(21)22-5/h10-11,13,16,20H,6-9,12H2,1-5H3/b14-10+,17-11-/t16-,19-/m1/s1. The van der Waals surface area contributed by atoms with E-state index in [-0.39, 0.29) is 0 Å². The minimum Gasteiger partial charge on any atom is -0.482 e. The summed E-state index contributed by atoms with van der Waals surface area (Å²) in [6.45, 7) is 8.17. The first kappa shape index (κ1) is 19.5. The van der Waals surface area contributed by atoms with Gasteiger partial charge in [0.2, 0.25) is 0 Å². The lowest BCUT2D eigenvalue weighted by atomic mass is 9.89. The number of allylic oxidation sites excluding steroid dienone is 1. The Bertz CT molecular complexity index is 501. The minimum absolute atomic E-state index is 0.404. The van der Waals surface area contributed by atoms with Crippen molar-refractivity contribution in [3.05, 3.63) is 35.1 Å². The number of aliphatic hydroxyl groups is 1. The predicted molar refractivity (Wildman–Crippen MR) is 91.9 cm³/mol. The Labute approximate surface area is 139 Å². The first-order valence-corrected chi connectivity index (χ1v) is 8.51. The number of ether oxygens (including phenoxy) is 2. The number of hydrogen-bond donors (Lipinski definition) is 1. The second-order valence-electron chi connectivity index (χ2n) is 5.91. The third-order valence-corrected chi connectivity index (χ3v) is 4.32. The van der Waals surface area contributed by atoms with Gasteiger partial charge in [-0.25, -0.2) is 4.79 Å². The van der Waals surface area contributed by atoms with Crippen LogP contribution in [0, 0.1) is 0 Å². The Hall–Kier alpha value is -1.55. The number of hydrogen-bond acceptors (Lipinski definition) is 4. The largest absolute Gasteiger partial charge is 0.482 e. The number of esters is 1. The van der Waals surface area contributed by atoms with E-state index < -0.39 is 17.7 Å². The Morgan fingerprint density at radius 2 is 2.09 bits per heavy atom. The number of rotatable bonds is 8. The lowest BCUT2D eigenvalue weighted by Crippen LogP contribution is -2.26. The molecule has 130 valence electrons. The average Bonchev–Trinajstić information content (AvgIpc) is 2.91. The molecule has 1 heterocycles. The molecule has 1 N–H and O–H groups in total. The van der Waals surface area contributed by atoms with Crippen molar-refractivity contribution in [1.82, 2.24) is 0 Å². The van der Waals surface area contributed by atoms with Crippen molar-refractivity contribution in [3.63, 3.8) is 0 Å². The van der Waals surface area contributed by atoms with Crippen LogP contribution in [0.25, 0.3) is 0 Å². The summed E-state index contributed by atoms with van der Waals surface area (Å²) in [5, 5.41) is 9.89. The van der Waals surface area contributed by atoms with E-state index in [4.69, 9.17) is 9.47 Å². The van der Waals surface area contributed by atoms with Crippen LogP contribution in [0.5, 0.6) is 0 Å². The fraction of sp³-hybridized carbons (Fsp3) is 0.632. The van der Waals surface area contributed by atoms with Gasteiger partial charge >= 0.3 is 5.97 Å². The van der Waals surface area contributed by atoms with Gasteiger partial charge < -0.3 is 14.6 Å². The molecule has 0 aliphatic carbocycles. The summed E-state index contributed by atoms with van der Waals surface area (Å²) in [6, 6.07) is 0. The highest BCUT2D eigenvalue weighted by molar-refractivity contribution is 5.83. The Balaban J connectivity index is 3.06. The van der Waals surface area contributed by atoms with Crippen LogP contribution >= 0.6 is 0 Å². The van der Waals surface area contributed by atoms with Crippen molar-refractivity contribution in [1.29, 1.82) is 0 Å². The van der Waals surface area contributed by atoms with Crippen LogP contribution < -0.4 is 0 Å². The molecule has 1 aliphatic rings. The molecular weight excluding hydrogens is 292 g/mol. The third kappa shape index (κ3) is 5.24. The summed E-state index contributed by atoms with van der Waals surface area (Å²) in [6.07, 6.45) is 8.95. The molecule has 0 saturated heterocycles. The molecule has 23 heavy (non-hydrogen) atoms. The molecule has 0 saturated carbocycles. The molecule has 4 nitrogen and oxygen atoms in total. The van der Waals surface area contributed by atoms with Gasteiger partial charge in [-0.05, 0) is 37.3 Å². The number of methoxy groups -OCH3 is 1. The fourth-order valence-electron chi connectivity index (χ4n) is 2.73. The summed E-state index contributed by atoms with van der Waals surface area (Å²) in [5.41, 5.74) is 1.76. The van der Waals surface area contributed by atoms with E-state index in [1.165, 1.54) is 18.8 Å². The molecule has 0 bridgehead atoms. The van der Waals surface area contributed by atoms with Crippen LogP contribution in [0.2, 0.25) is 0 Å². The SMILES string of the molecule is CCC1=C[C@@](CC)(C/C(=C/[C@H](O)CC)CC)O/C1=C\C(=O)OC. The molecule has 0 spiro atoms. The Morgan fingerprint density at radius 1 is 1.39 bits per heavy atom.